The van der Waals surface area contributed by atoms with Crippen LogP contribution in [0, 0.1) is 5.92 Å². The zero-order chi connectivity index (χ0) is 16.1. The van der Waals surface area contributed by atoms with Crippen LogP contribution >= 0.6 is 0 Å². The molecule has 118 valence electrons. The van der Waals surface area contributed by atoms with Gasteiger partial charge in [-0.2, -0.15) is 0 Å². The summed E-state index contributed by atoms with van der Waals surface area (Å²) < 4.78 is 0. The van der Waals surface area contributed by atoms with Crippen LogP contribution in [0.25, 0.3) is 0 Å². The molecule has 0 bridgehead atoms. The number of benzene rings is 1. The van der Waals surface area contributed by atoms with Crippen LogP contribution in [0.1, 0.15) is 19.4 Å². The highest BCUT2D eigenvalue weighted by molar-refractivity contribution is 6.10. The standard InChI is InChI=1S/C16H21N3O3/c1-10(2)9-17-15(21)13-16(22)18-12(14(20)19-13)8-11-6-4-3-5-7-11/h3-7,10,12-13H,8-9H2,1-2H3,(H,17,21)(H,18,22)(H,19,20)/t12-,13+/m1/s1. The van der Waals surface area contributed by atoms with Gasteiger partial charge in [0.15, 0.2) is 6.04 Å². The lowest BCUT2D eigenvalue weighted by molar-refractivity contribution is -0.142. The van der Waals surface area contributed by atoms with Crippen molar-refractivity contribution < 1.29 is 14.4 Å². The maximum Gasteiger partial charge on any atom is 0.253 e. The molecule has 0 unspecified atom stereocenters. The summed E-state index contributed by atoms with van der Waals surface area (Å²) in [7, 11) is 0. The minimum absolute atomic E-state index is 0.275. The van der Waals surface area contributed by atoms with Crippen LogP contribution < -0.4 is 16.0 Å². The lowest BCUT2D eigenvalue weighted by Crippen LogP contribution is -2.66. The summed E-state index contributed by atoms with van der Waals surface area (Å²) in [6.07, 6.45) is 0.402. The summed E-state index contributed by atoms with van der Waals surface area (Å²) in [5, 5.41) is 7.77. The molecule has 0 saturated carbocycles. The van der Waals surface area contributed by atoms with Gasteiger partial charge in [0.25, 0.3) is 11.8 Å². The number of hydrogen-bond donors (Lipinski definition) is 3. The molecule has 6 nitrogen and oxygen atoms in total. The number of amides is 3. The van der Waals surface area contributed by atoms with Crippen LogP contribution in [-0.2, 0) is 20.8 Å². The SMILES string of the molecule is CC(C)CNC(=O)[C@@H]1NC(=O)[C@@H](Cc2ccccc2)NC1=O. The van der Waals surface area contributed by atoms with E-state index in [1.165, 1.54) is 0 Å². The molecule has 0 spiro atoms. The van der Waals surface area contributed by atoms with Gasteiger partial charge < -0.3 is 16.0 Å². The van der Waals surface area contributed by atoms with E-state index in [4.69, 9.17) is 0 Å². The molecule has 1 saturated heterocycles. The Labute approximate surface area is 129 Å². The van der Waals surface area contributed by atoms with Crippen molar-refractivity contribution in [2.24, 2.45) is 5.92 Å². The molecule has 1 aromatic rings. The van der Waals surface area contributed by atoms with Crippen LogP contribution in [0.3, 0.4) is 0 Å². The normalized spacial score (nSPS) is 21.2. The number of hydrogen-bond acceptors (Lipinski definition) is 3. The van der Waals surface area contributed by atoms with Gasteiger partial charge in [-0.1, -0.05) is 44.2 Å². The average molecular weight is 303 g/mol. The van der Waals surface area contributed by atoms with E-state index >= 15 is 0 Å². The van der Waals surface area contributed by atoms with Crippen LogP contribution in [0.5, 0.6) is 0 Å². The Morgan fingerprint density at radius 2 is 1.82 bits per heavy atom. The number of carbonyl (C=O) groups is 3. The molecule has 1 aromatic carbocycles. The zero-order valence-corrected chi connectivity index (χ0v) is 12.8. The lowest BCUT2D eigenvalue weighted by atomic mass is 10.0. The first-order valence-electron chi connectivity index (χ1n) is 7.39. The summed E-state index contributed by atoms with van der Waals surface area (Å²) in [5.74, 6) is -1.01. The predicted octanol–water partition coefficient (Wildman–Crippen LogP) is -0.0155. The van der Waals surface area contributed by atoms with Crippen LogP contribution in [0.2, 0.25) is 0 Å². The second kappa shape index (κ2) is 7.06. The van der Waals surface area contributed by atoms with Gasteiger partial charge in [0.2, 0.25) is 5.91 Å². The van der Waals surface area contributed by atoms with E-state index < -0.39 is 23.9 Å². The highest BCUT2D eigenvalue weighted by atomic mass is 16.2. The Balaban J connectivity index is 1.95. The molecule has 1 heterocycles. The van der Waals surface area contributed by atoms with Crippen molar-refractivity contribution in [3.63, 3.8) is 0 Å². The van der Waals surface area contributed by atoms with E-state index in [-0.39, 0.29) is 11.8 Å². The number of piperazine rings is 1. The van der Waals surface area contributed by atoms with Gasteiger partial charge in [0.1, 0.15) is 6.04 Å². The topological polar surface area (TPSA) is 87.3 Å². The number of nitrogens with one attached hydrogen (secondary N) is 3. The fraction of sp³-hybridized carbons (Fsp3) is 0.438. The van der Waals surface area contributed by atoms with Crippen molar-refractivity contribution in [2.75, 3.05) is 6.54 Å². The zero-order valence-electron chi connectivity index (χ0n) is 12.8. The third kappa shape index (κ3) is 4.07. The molecule has 1 aliphatic rings. The van der Waals surface area contributed by atoms with Gasteiger partial charge in [-0.05, 0) is 11.5 Å². The van der Waals surface area contributed by atoms with Crippen molar-refractivity contribution in [3.05, 3.63) is 35.9 Å². The van der Waals surface area contributed by atoms with Gasteiger partial charge in [0, 0.05) is 13.0 Å². The molecule has 0 aliphatic carbocycles. The molecule has 1 fully saturated rings. The third-order valence-electron chi connectivity index (χ3n) is 3.41. The quantitative estimate of drug-likeness (QED) is 0.668. The molecule has 22 heavy (non-hydrogen) atoms. The fourth-order valence-electron chi connectivity index (χ4n) is 2.21. The Hall–Kier alpha value is -2.37. The predicted molar refractivity (Wildman–Crippen MR) is 81.9 cm³/mol. The summed E-state index contributed by atoms with van der Waals surface area (Å²) in [4.78, 5) is 36.1. The minimum Gasteiger partial charge on any atom is -0.354 e. The average Bonchev–Trinajstić information content (AvgIpc) is 2.49. The lowest BCUT2D eigenvalue weighted by Gasteiger charge is -2.29. The molecule has 2 atom stereocenters. The Kier molecular flexibility index (Phi) is 5.14. The third-order valence-corrected chi connectivity index (χ3v) is 3.41. The molecule has 1 aliphatic heterocycles. The van der Waals surface area contributed by atoms with E-state index in [1.54, 1.807) is 0 Å². The van der Waals surface area contributed by atoms with E-state index in [1.807, 2.05) is 44.2 Å². The Morgan fingerprint density at radius 1 is 1.14 bits per heavy atom. The molecule has 0 radical (unpaired) electrons. The van der Waals surface area contributed by atoms with Crippen molar-refractivity contribution in [3.8, 4) is 0 Å². The summed E-state index contributed by atoms with van der Waals surface area (Å²) in [6, 6.07) is 7.61. The monoisotopic (exact) mass is 303 g/mol. The van der Waals surface area contributed by atoms with E-state index in [0.717, 1.165) is 5.56 Å². The van der Waals surface area contributed by atoms with Crippen LogP contribution in [0.15, 0.2) is 30.3 Å². The van der Waals surface area contributed by atoms with Crippen molar-refractivity contribution in [1.29, 1.82) is 0 Å². The van der Waals surface area contributed by atoms with Gasteiger partial charge >= 0.3 is 0 Å². The van der Waals surface area contributed by atoms with Crippen LogP contribution in [-0.4, -0.2) is 36.3 Å². The molecule has 6 heteroatoms. The largest absolute Gasteiger partial charge is 0.354 e. The van der Waals surface area contributed by atoms with E-state index in [2.05, 4.69) is 16.0 Å². The molecule has 3 amide bonds. The van der Waals surface area contributed by atoms with E-state index in [9.17, 15) is 14.4 Å². The first-order valence-corrected chi connectivity index (χ1v) is 7.39. The fourth-order valence-corrected chi connectivity index (χ4v) is 2.21. The summed E-state index contributed by atoms with van der Waals surface area (Å²) >= 11 is 0. The summed E-state index contributed by atoms with van der Waals surface area (Å²) in [5.41, 5.74) is 0.950. The first-order chi connectivity index (χ1) is 10.5. The highest BCUT2D eigenvalue weighted by Crippen LogP contribution is 2.07. The van der Waals surface area contributed by atoms with Crippen molar-refractivity contribution >= 4 is 17.7 Å². The minimum atomic E-state index is -1.15. The van der Waals surface area contributed by atoms with Gasteiger partial charge in [-0.3, -0.25) is 14.4 Å². The van der Waals surface area contributed by atoms with Crippen molar-refractivity contribution in [2.45, 2.75) is 32.4 Å². The maximum atomic E-state index is 12.1. The Morgan fingerprint density at radius 3 is 2.45 bits per heavy atom. The highest BCUT2D eigenvalue weighted by Gasteiger charge is 2.37. The van der Waals surface area contributed by atoms with E-state index in [0.29, 0.717) is 13.0 Å². The number of rotatable bonds is 5. The van der Waals surface area contributed by atoms with Crippen LogP contribution in [0.4, 0.5) is 0 Å². The van der Waals surface area contributed by atoms with Gasteiger partial charge in [0.05, 0.1) is 0 Å². The van der Waals surface area contributed by atoms with Gasteiger partial charge in [-0.15, -0.1) is 0 Å². The molecule has 2 rings (SSSR count). The second-order valence-electron chi connectivity index (χ2n) is 5.83. The smallest absolute Gasteiger partial charge is 0.253 e. The first kappa shape index (κ1) is 16.0. The maximum absolute atomic E-state index is 12.1. The molecule has 3 N–H and O–H groups in total. The summed E-state index contributed by atoms with van der Waals surface area (Å²) in [6.45, 7) is 4.37. The molecular formula is C16H21N3O3. The number of carbonyl (C=O) groups excluding carboxylic acids is 3. The molecular weight excluding hydrogens is 282 g/mol. The molecule has 0 aromatic heterocycles. The van der Waals surface area contributed by atoms with Crippen molar-refractivity contribution in [1.82, 2.24) is 16.0 Å². The Bertz CT molecular complexity index is 557. The second-order valence-corrected chi connectivity index (χ2v) is 5.83. The van der Waals surface area contributed by atoms with Gasteiger partial charge in [-0.25, -0.2) is 0 Å².